The molecule has 0 spiro atoms. The topological polar surface area (TPSA) is 38.3 Å². The third-order valence-electron chi connectivity index (χ3n) is 1.92. The molecule has 0 unspecified atom stereocenters. The van der Waals surface area contributed by atoms with Crippen molar-refractivity contribution in [1.29, 1.82) is 0 Å². The number of hydrogen-bond donors (Lipinski definition) is 1. The zero-order chi connectivity index (χ0) is 12.3. The van der Waals surface area contributed by atoms with E-state index in [1.54, 1.807) is 17.8 Å². The lowest BCUT2D eigenvalue weighted by atomic mass is 10.3. The van der Waals surface area contributed by atoms with E-state index in [4.69, 9.17) is 4.74 Å². The average molecular weight is 251 g/mol. The van der Waals surface area contributed by atoms with Crippen molar-refractivity contribution in [1.82, 2.24) is 5.32 Å². The summed E-state index contributed by atoms with van der Waals surface area (Å²) in [5.74, 6) is 2.17. The van der Waals surface area contributed by atoms with Gasteiger partial charge >= 0.3 is 0 Å². The van der Waals surface area contributed by atoms with Gasteiger partial charge in [0.25, 0.3) is 0 Å². The van der Waals surface area contributed by atoms with Gasteiger partial charge in [0.15, 0.2) is 0 Å². The van der Waals surface area contributed by atoms with Crippen molar-refractivity contribution >= 4 is 17.7 Å². The summed E-state index contributed by atoms with van der Waals surface area (Å²) in [4.78, 5) is 11.2. The summed E-state index contributed by atoms with van der Waals surface area (Å²) in [6, 6.07) is 9.66. The fraction of sp³-hybridized carbons (Fsp3) is 0.308. The fourth-order valence-corrected chi connectivity index (χ4v) is 1.77. The lowest BCUT2D eigenvalue weighted by molar-refractivity contribution is -0.118. The second-order valence-electron chi connectivity index (χ2n) is 3.31. The van der Waals surface area contributed by atoms with Gasteiger partial charge in [0.05, 0.1) is 12.4 Å². The Kier molecular flexibility index (Phi) is 6.98. The molecular formula is C13H17NO2S. The van der Waals surface area contributed by atoms with Gasteiger partial charge in [-0.15, -0.1) is 18.3 Å². The molecule has 0 heterocycles. The number of nitrogens with one attached hydrogen (secondary N) is 1. The van der Waals surface area contributed by atoms with Crippen LogP contribution in [0.4, 0.5) is 0 Å². The van der Waals surface area contributed by atoms with Crippen LogP contribution in [0.25, 0.3) is 0 Å². The maximum absolute atomic E-state index is 11.2. The smallest absolute Gasteiger partial charge is 0.230 e. The van der Waals surface area contributed by atoms with Gasteiger partial charge in [0.2, 0.25) is 5.91 Å². The van der Waals surface area contributed by atoms with Gasteiger partial charge in [0, 0.05) is 12.3 Å². The number of hydrogen-bond acceptors (Lipinski definition) is 3. The van der Waals surface area contributed by atoms with Gasteiger partial charge in [0.1, 0.15) is 5.75 Å². The second-order valence-corrected chi connectivity index (χ2v) is 4.41. The Labute approximate surface area is 106 Å². The molecule has 0 atom stereocenters. The molecule has 0 bridgehead atoms. The van der Waals surface area contributed by atoms with Crippen LogP contribution in [0.15, 0.2) is 43.0 Å². The molecule has 4 heteroatoms. The van der Waals surface area contributed by atoms with Crippen LogP contribution in [0.5, 0.6) is 5.75 Å². The van der Waals surface area contributed by atoms with Crippen molar-refractivity contribution < 1.29 is 9.53 Å². The van der Waals surface area contributed by atoms with Crippen LogP contribution in [0.1, 0.15) is 0 Å². The van der Waals surface area contributed by atoms with Crippen molar-refractivity contribution in [2.45, 2.75) is 0 Å². The van der Waals surface area contributed by atoms with Crippen molar-refractivity contribution in [2.24, 2.45) is 0 Å². The van der Waals surface area contributed by atoms with Crippen LogP contribution < -0.4 is 10.1 Å². The SMILES string of the molecule is C=CCNC(=O)CSCCOc1ccccc1. The number of thioether (sulfide) groups is 1. The predicted molar refractivity (Wildman–Crippen MR) is 72.5 cm³/mol. The number of carbonyl (C=O) groups excluding carboxylic acids is 1. The van der Waals surface area contributed by atoms with Gasteiger partial charge in [-0.1, -0.05) is 24.3 Å². The molecule has 0 saturated carbocycles. The van der Waals surface area contributed by atoms with E-state index in [1.807, 2.05) is 30.3 Å². The summed E-state index contributed by atoms with van der Waals surface area (Å²) in [6.07, 6.45) is 1.67. The summed E-state index contributed by atoms with van der Waals surface area (Å²) < 4.78 is 5.50. The highest BCUT2D eigenvalue weighted by Gasteiger charge is 1.99. The lowest BCUT2D eigenvalue weighted by Gasteiger charge is -2.05. The van der Waals surface area contributed by atoms with E-state index in [0.29, 0.717) is 18.9 Å². The van der Waals surface area contributed by atoms with Gasteiger partial charge in [-0.2, -0.15) is 0 Å². The maximum atomic E-state index is 11.2. The predicted octanol–water partition coefficient (Wildman–Crippen LogP) is 2.10. The van der Waals surface area contributed by atoms with E-state index in [-0.39, 0.29) is 5.91 Å². The van der Waals surface area contributed by atoms with Gasteiger partial charge < -0.3 is 10.1 Å². The summed E-state index contributed by atoms with van der Waals surface area (Å²) in [5.41, 5.74) is 0. The van der Waals surface area contributed by atoms with E-state index in [9.17, 15) is 4.79 Å². The summed E-state index contributed by atoms with van der Waals surface area (Å²) >= 11 is 1.56. The molecule has 92 valence electrons. The van der Waals surface area contributed by atoms with Gasteiger partial charge in [-0.3, -0.25) is 4.79 Å². The first kappa shape index (κ1) is 13.6. The molecule has 0 aliphatic rings. The van der Waals surface area contributed by atoms with Crippen LogP contribution in [-0.4, -0.2) is 30.6 Å². The number of amides is 1. The Hall–Kier alpha value is -1.42. The van der Waals surface area contributed by atoms with Crippen molar-refractivity contribution in [3.8, 4) is 5.75 Å². The Bertz CT molecular complexity index is 341. The number of ether oxygens (including phenoxy) is 1. The number of benzene rings is 1. The van der Waals surface area contributed by atoms with Crippen LogP contribution in [0.3, 0.4) is 0 Å². The summed E-state index contributed by atoms with van der Waals surface area (Å²) in [7, 11) is 0. The fourth-order valence-electron chi connectivity index (χ4n) is 1.14. The standard InChI is InChI=1S/C13H17NO2S/c1-2-8-14-13(15)11-17-10-9-16-12-6-4-3-5-7-12/h2-7H,1,8-11H2,(H,14,15). The minimum Gasteiger partial charge on any atom is -0.493 e. The molecule has 3 nitrogen and oxygen atoms in total. The van der Waals surface area contributed by atoms with Crippen LogP contribution in [0.2, 0.25) is 0 Å². The normalized spacial score (nSPS) is 9.65. The van der Waals surface area contributed by atoms with E-state index < -0.39 is 0 Å². The molecule has 1 amide bonds. The van der Waals surface area contributed by atoms with Gasteiger partial charge in [-0.05, 0) is 12.1 Å². The molecule has 1 aromatic carbocycles. The Morgan fingerprint density at radius 3 is 2.88 bits per heavy atom. The highest BCUT2D eigenvalue weighted by Crippen LogP contribution is 2.09. The zero-order valence-electron chi connectivity index (χ0n) is 9.72. The Morgan fingerprint density at radius 2 is 2.18 bits per heavy atom. The minimum atomic E-state index is 0.0367. The molecule has 0 aliphatic carbocycles. The van der Waals surface area contributed by atoms with E-state index in [1.165, 1.54) is 0 Å². The number of rotatable bonds is 8. The van der Waals surface area contributed by atoms with E-state index in [0.717, 1.165) is 11.5 Å². The van der Waals surface area contributed by atoms with E-state index in [2.05, 4.69) is 11.9 Å². The molecule has 0 radical (unpaired) electrons. The molecule has 0 fully saturated rings. The third kappa shape index (κ3) is 6.68. The molecule has 1 aromatic rings. The van der Waals surface area contributed by atoms with Crippen LogP contribution in [-0.2, 0) is 4.79 Å². The molecule has 17 heavy (non-hydrogen) atoms. The first-order valence-electron chi connectivity index (χ1n) is 5.46. The first-order chi connectivity index (χ1) is 8.33. The lowest BCUT2D eigenvalue weighted by Crippen LogP contribution is -2.25. The monoisotopic (exact) mass is 251 g/mol. The Balaban J connectivity index is 2.01. The quantitative estimate of drug-likeness (QED) is 0.568. The maximum Gasteiger partial charge on any atom is 0.230 e. The minimum absolute atomic E-state index is 0.0367. The average Bonchev–Trinajstić information content (AvgIpc) is 2.37. The molecule has 0 aliphatic heterocycles. The molecule has 1 N–H and O–H groups in total. The van der Waals surface area contributed by atoms with Gasteiger partial charge in [-0.25, -0.2) is 0 Å². The summed E-state index contributed by atoms with van der Waals surface area (Å²) in [6.45, 7) is 4.68. The van der Waals surface area contributed by atoms with Crippen LogP contribution >= 0.6 is 11.8 Å². The Morgan fingerprint density at radius 1 is 1.41 bits per heavy atom. The van der Waals surface area contributed by atoms with E-state index >= 15 is 0 Å². The highest BCUT2D eigenvalue weighted by molar-refractivity contribution is 7.99. The second kappa shape index (κ2) is 8.70. The number of carbonyl (C=O) groups is 1. The molecule has 0 aromatic heterocycles. The molecular weight excluding hydrogens is 234 g/mol. The molecule has 1 rings (SSSR count). The van der Waals surface area contributed by atoms with Crippen LogP contribution in [0, 0.1) is 0 Å². The first-order valence-corrected chi connectivity index (χ1v) is 6.61. The van der Waals surface area contributed by atoms with Crippen molar-refractivity contribution in [2.75, 3.05) is 24.7 Å². The number of para-hydroxylation sites is 1. The highest BCUT2D eigenvalue weighted by atomic mass is 32.2. The summed E-state index contributed by atoms with van der Waals surface area (Å²) in [5, 5.41) is 2.72. The zero-order valence-corrected chi connectivity index (χ0v) is 10.5. The molecule has 0 saturated heterocycles. The largest absolute Gasteiger partial charge is 0.493 e. The third-order valence-corrected chi connectivity index (χ3v) is 2.84. The van der Waals surface area contributed by atoms with Crippen molar-refractivity contribution in [3.63, 3.8) is 0 Å². The van der Waals surface area contributed by atoms with Crippen molar-refractivity contribution in [3.05, 3.63) is 43.0 Å².